The Balaban J connectivity index is 0.000000774. The average Bonchev–Trinajstić information content (AvgIpc) is 2.67. The lowest BCUT2D eigenvalue weighted by atomic mass is 9.43. The number of fused-ring (bicyclic) bond motifs is 1. The van der Waals surface area contributed by atoms with Crippen molar-refractivity contribution >= 4 is 0 Å². The van der Waals surface area contributed by atoms with Gasteiger partial charge in [0.15, 0.2) is 0 Å². The first-order valence-corrected chi connectivity index (χ1v) is 8.98. The maximum atomic E-state index is 4.60. The van der Waals surface area contributed by atoms with Crippen LogP contribution in [0.15, 0.2) is 36.5 Å². The van der Waals surface area contributed by atoms with Crippen molar-refractivity contribution in [3.8, 4) is 0 Å². The Morgan fingerprint density at radius 1 is 1.05 bits per heavy atom. The molecule has 118 valence electrons. The molecule has 3 rings (SSSR count). The van der Waals surface area contributed by atoms with Gasteiger partial charge in [0.25, 0.3) is 0 Å². The largest absolute Gasteiger partial charge is 0.0995 e. The molecular formula is C21H34. The zero-order chi connectivity index (χ0) is 15.8. The minimum Gasteiger partial charge on any atom is -0.0995 e. The van der Waals surface area contributed by atoms with Crippen molar-refractivity contribution in [2.24, 2.45) is 22.7 Å². The highest BCUT2D eigenvalue weighted by molar-refractivity contribution is 5.48. The lowest BCUT2D eigenvalue weighted by molar-refractivity contribution is 0.0354. The lowest BCUT2D eigenvalue weighted by Gasteiger charge is -2.60. The fourth-order valence-electron chi connectivity index (χ4n) is 5.34. The summed E-state index contributed by atoms with van der Waals surface area (Å²) >= 11 is 0. The highest BCUT2D eigenvalue weighted by Gasteiger charge is 2.67. The number of hydrogen-bond acceptors (Lipinski definition) is 0. The third-order valence-electron chi connectivity index (χ3n) is 6.87. The van der Waals surface area contributed by atoms with Gasteiger partial charge in [-0.3, -0.25) is 0 Å². The molecule has 0 spiro atoms. The number of hydrogen-bond donors (Lipinski definition) is 0. The van der Waals surface area contributed by atoms with Crippen LogP contribution in [0.4, 0.5) is 0 Å². The van der Waals surface area contributed by atoms with Crippen LogP contribution in [0.3, 0.4) is 0 Å². The minimum atomic E-state index is 0.200. The SMILES string of the molecule is C=C1CC2(C(=C)C3CCCCC3)C(=C)CC2(C)C1C.CC. The van der Waals surface area contributed by atoms with E-state index in [1.165, 1.54) is 55.2 Å². The molecule has 0 heterocycles. The Morgan fingerprint density at radius 3 is 2.10 bits per heavy atom. The molecule has 0 N–H and O–H groups in total. The van der Waals surface area contributed by atoms with Crippen LogP contribution >= 0.6 is 0 Å². The highest BCUT2D eigenvalue weighted by atomic mass is 14.7. The van der Waals surface area contributed by atoms with Gasteiger partial charge in [0.05, 0.1) is 0 Å². The minimum absolute atomic E-state index is 0.200. The van der Waals surface area contributed by atoms with Gasteiger partial charge in [-0.25, -0.2) is 0 Å². The number of allylic oxidation sites excluding steroid dienone is 3. The standard InChI is InChI=1S/C19H28.C2H6/c1-13-11-19(14(2)12-18(19,5)15(13)3)16(4)17-9-7-6-8-10-17;1-2/h15,17H,1-2,4,6-12H2,3,5H3;1-2H3. The summed E-state index contributed by atoms with van der Waals surface area (Å²) < 4.78 is 0. The van der Waals surface area contributed by atoms with Gasteiger partial charge in [0.2, 0.25) is 0 Å². The van der Waals surface area contributed by atoms with Crippen LogP contribution in [0.25, 0.3) is 0 Å². The van der Waals surface area contributed by atoms with Crippen LogP contribution in [0, 0.1) is 22.7 Å². The van der Waals surface area contributed by atoms with E-state index in [0.717, 1.165) is 12.3 Å². The molecule has 0 aromatic carbocycles. The predicted octanol–water partition coefficient (Wildman–Crippen LogP) is 6.70. The highest BCUT2D eigenvalue weighted by Crippen LogP contribution is 2.75. The summed E-state index contributed by atoms with van der Waals surface area (Å²) in [4.78, 5) is 0. The van der Waals surface area contributed by atoms with Gasteiger partial charge in [0.1, 0.15) is 0 Å². The summed E-state index contributed by atoms with van der Waals surface area (Å²) in [5.41, 5.74) is 4.94. The first-order chi connectivity index (χ1) is 9.93. The topological polar surface area (TPSA) is 0 Å². The van der Waals surface area contributed by atoms with Gasteiger partial charge in [0, 0.05) is 5.41 Å². The third-order valence-corrected chi connectivity index (χ3v) is 6.87. The van der Waals surface area contributed by atoms with E-state index in [4.69, 9.17) is 0 Å². The van der Waals surface area contributed by atoms with E-state index in [2.05, 4.69) is 33.6 Å². The molecule has 3 atom stereocenters. The summed E-state index contributed by atoms with van der Waals surface area (Å²) in [6, 6.07) is 0. The molecule has 3 fully saturated rings. The Morgan fingerprint density at radius 2 is 1.62 bits per heavy atom. The maximum Gasteiger partial charge on any atom is 0.0217 e. The van der Waals surface area contributed by atoms with Crippen LogP contribution < -0.4 is 0 Å². The molecule has 3 saturated carbocycles. The van der Waals surface area contributed by atoms with E-state index in [9.17, 15) is 0 Å². The Bertz CT molecular complexity index is 449. The molecule has 3 aliphatic rings. The summed E-state index contributed by atoms with van der Waals surface area (Å²) in [6.45, 7) is 22.2. The second-order valence-electron chi connectivity index (χ2n) is 7.52. The quantitative estimate of drug-likeness (QED) is 0.495. The first kappa shape index (κ1) is 16.6. The second-order valence-corrected chi connectivity index (χ2v) is 7.52. The average molecular weight is 287 g/mol. The molecule has 0 nitrogen and oxygen atoms in total. The van der Waals surface area contributed by atoms with Gasteiger partial charge < -0.3 is 0 Å². The fourth-order valence-corrected chi connectivity index (χ4v) is 5.34. The first-order valence-electron chi connectivity index (χ1n) is 8.98. The summed E-state index contributed by atoms with van der Waals surface area (Å²) in [5.74, 6) is 1.36. The smallest absolute Gasteiger partial charge is 0.0217 e. The van der Waals surface area contributed by atoms with Crippen LogP contribution in [-0.2, 0) is 0 Å². The molecule has 0 bridgehead atoms. The molecule has 0 saturated heterocycles. The van der Waals surface area contributed by atoms with E-state index < -0.39 is 0 Å². The van der Waals surface area contributed by atoms with E-state index in [1.54, 1.807) is 0 Å². The van der Waals surface area contributed by atoms with Gasteiger partial charge in [-0.2, -0.15) is 0 Å². The van der Waals surface area contributed by atoms with Crippen molar-refractivity contribution in [3.05, 3.63) is 36.5 Å². The zero-order valence-corrected chi connectivity index (χ0v) is 14.7. The molecule has 0 radical (unpaired) electrons. The van der Waals surface area contributed by atoms with Crippen LogP contribution in [0.2, 0.25) is 0 Å². The fraction of sp³-hybridized carbons (Fsp3) is 0.714. The van der Waals surface area contributed by atoms with Crippen LogP contribution in [-0.4, -0.2) is 0 Å². The van der Waals surface area contributed by atoms with Crippen LogP contribution in [0.1, 0.15) is 72.6 Å². The second kappa shape index (κ2) is 5.78. The van der Waals surface area contributed by atoms with Crippen molar-refractivity contribution in [2.45, 2.75) is 72.6 Å². The van der Waals surface area contributed by atoms with Crippen LogP contribution in [0.5, 0.6) is 0 Å². The van der Waals surface area contributed by atoms with Gasteiger partial charge in [-0.1, -0.05) is 83.4 Å². The molecule has 0 aliphatic heterocycles. The van der Waals surface area contributed by atoms with E-state index >= 15 is 0 Å². The molecule has 21 heavy (non-hydrogen) atoms. The normalized spacial score (nSPS) is 39.1. The summed E-state index contributed by atoms with van der Waals surface area (Å²) in [6.07, 6.45) is 9.20. The molecule has 3 unspecified atom stereocenters. The molecule has 0 amide bonds. The van der Waals surface area contributed by atoms with Crippen molar-refractivity contribution in [2.75, 3.05) is 0 Å². The molecular weight excluding hydrogens is 252 g/mol. The monoisotopic (exact) mass is 286 g/mol. The molecule has 0 aromatic heterocycles. The zero-order valence-electron chi connectivity index (χ0n) is 14.7. The predicted molar refractivity (Wildman–Crippen MR) is 94.3 cm³/mol. The number of rotatable bonds is 2. The van der Waals surface area contributed by atoms with Gasteiger partial charge >= 0.3 is 0 Å². The van der Waals surface area contributed by atoms with E-state index in [-0.39, 0.29) is 5.41 Å². The maximum absolute atomic E-state index is 4.60. The Labute approximate surface area is 132 Å². The molecule has 0 heteroatoms. The van der Waals surface area contributed by atoms with Crippen molar-refractivity contribution in [3.63, 3.8) is 0 Å². The Kier molecular flexibility index (Phi) is 4.57. The lowest BCUT2D eigenvalue weighted by Crippen LogP contribution is -2.52. The van der Waals surface area contributed by atoms with E-state index in [1.807, 2.05) is 13.8 Å². The molecule has 3 aliphatic carbocycles. The third kappa shape index (κ3) is 2.09. The Hall–Kier alpha value is -0.780. The van der Waals surface area contributed by atoms with Gasteiger partial charge in [-0.05, 0) is 42.9 Å². The van der Waals surface area contributed by atoms with E-state index in [0.29, 0.717) is 11.3 Å². The summed E-state index contributed by atoms with van der Waals surface area (Å²) in [5, 5.41) is 0. The van der Waals surface area contributed by atoms with Gasteiger partial charge in [-0.15, -0.1) is 0 Å². The van der Waals surface area contributed by atoms with Crippen molar-refractivity contribution in [1.29, 1.82) is 0 Å². The summed E-state index contributed by atoms with van der Waals surface area (Å²) in [7, 11) is 0. The van der Waals surface area contributed by atoms with Crippen molar-refractivity contribution in [1.82, 2.24) is 0 Å². The molecule has 0 aromatic rings. The van der Waals surface area contributed by atoms with Crippen molar-refractivity contribution < 1.29 is 0 Å².